The average molecular weight is 633 g/mol. The van der Waals surface area contributed by atoms with E-state index in [0.29, 0.717) is 56.2 Å². The van der Waals surface area contributed by atoms with E-state index in [4.69, 9.17) is 14.2 Å². The van der Waals surface area contributed by atoms with Crippen molar-refractivity contribution < 1.29 is 23.8 Å². The maximum Gasteiger partial charge on any atom is 0.271 e. The second kappa shape index (κ2) is 13.8. The van der Waals surface area contributed by atoms with E-state index in [1.54, 1.807) is 30.3 Å². The molecule has 2 amide bonds. The first-order valence-electron chi connectivity index (χ1n) is 11.5. The van der Waals surface area contributed by atoms with Gasteiger partial charge in [-0.1, -0.05) is 12.1 Å². The van der Waals surface area contributed by atoms with Gasteiger partial charge in [-0.15, -0.1) is 0 Å². The monoisotopic (exact) mass is 631 g/mol. The highest BCUT2D eigenvalue weighted by Crippen LogP contribution is 2.34. The first-order chi connectivity index (χ1) is 17.8. The maximum atomic E-state index is 12.5. The Morgan fingerprint density at radius 3 is 2.30 bits per heavy atom. The van der Waals surface area contributed by atoms with Crippen LogP contribution in [0.15, 0.2) is 68.6 Å². The summed E-state index contributed by atoms with van der Waals surface area (Å²) in [7, 11) is 0. The summed E-state index contributed by atoms with van der Waals surface area (Å²) >= 11 is 6.93. The summed E-state index contributed by atoms with van der Waals surface area (Å²) in [5.41, 5.74) is 5.34. The molecule has 0 saturated carbocycles. The Morgan fingerprint density at radius 1 is 0.919 bits per heavy atom. The third-order valence-electron chi connectivity index (χ3n) is 4.86. The normalized spacial score (nSPS) is 10.7. The smallest absolute Gasteiger partial charge is 0.271 e. The number of nitrogens with zero attached hydrogens (tertiary/aromatic N) is 1. The van der Waals surface area contributed by atoms with Crippen molar-refractivity contribution in [3.63, 3.8) is 0 Å². The third kappa shape index (κ3) is 8.33. The van der Waals surface area contributed by atoms with Crippen LogP contribution in [0.4, 0.5) is 5.69 Å². The molecule has 0 aliphatic carbocycles. The van der Waals surface area contributed by atoms with E-state index in [-0.39, 0.29) is 12.5 Å². The molecule has 3 aromatic carbocycles. The van der Waals surface area contributed by atoms with E-state index in [9.17, 15) is 9.59 Å². The Kier molecular flexibility index (Phi) is 10.5. The van der Waals surface area contributed by atoms with Gasteiger partial charge in [-0.25, -0.2) is 5.43 Å². The standard InChI is InChI=1S/C27H27Br2N3O5/c1-4-35-23-10-9-19(14-24(23)36-5-2)27(34)32-30-15-18-12-21(28)26(22(29)13-18)37-16-25(33)31-20-8-6-7-17(3)11-20/h6-15H,4-5,16H2,1-3H3,(H,31,33)(H,32,34)/b30-15+. The highest BCUT2D eigenvalue weighted by molar-refractivity contribution is 9.11. The van der Waals surface area contributed by atoms with E-state index in [0.717, 1.165) is 5.56 Å². The number of halogens is 2. The van der Waals surface area contributed by atoms with Gasteiger partial charge in [-0.3, -0.25) is 9.59 Å². The second-order valence-electron chi connectivity index (χ2n) is 7.75. The molecule has 0 radical (unpaired) electrons. The Balaban J connectivity index is 1.60. The summed E-state index contributed by atoms with van der Waals surface area (Å²) in [6.07, 6.45) is 1.50. The van der Waals surface area contributed by atoms with E-state index in [1.165, 1.54) is 6.21 Å². The van der Waals surface area contributed by atoms with Gasteiger partial charge in [0.25, 0.3) is 11.8 Å². The van der Waals surface area contributed by atoms with Crippen molar-refractivity contribution in [3.05, 3.63) is 80.2 Å². The van der Waals surface area contributed by atoms with E-state index >= 15 is 0 Å². The number of anilines is 1. The van der Waals surface area contributed by atoms with Crippen LogP contribution in [0, 0.1) is 6.92 Å². The number of benzene rings is 3. The molecule has 0 unspecified atom stereocenters. The molecule has 37 heavy (non-hydrogen) atoms. The molecule has 2 N–H and O–H groups in total. The predicted molar refractivity (Wildman–Crippen MR) is 151 cm³/mol. The summed E-state index contributed by atoms with van der Waals surface area (Å²) < 4.78 is 18.0. The summed E-state index contributed by atoms with van der Waals surface area (Å²) in [5.74, 6) is 0.877. The van der Waals surface area contributed by atoms with Gasteiger partial charge in [0.2, 0.25) is 0 Å². The van der Waals surface area contributed by atoms with Crippen LogP contribution < -0.4 is 25.0 Å². The quantitative estimate of drug-likeness (QED) is 0.197. The van der Waals surface area contributed by atoms with Crippen molar-refractivity contribution in [1.29, 1.82) is 0 Å². The van der Waals surface area contributed by atoms with Gasteiger partial charge in [-0.2, -0.15) is 5.10 Å². The van der Waals surface area contributed by atoms with E-state index in [2.05, 4.69) is 47.7 Å². The minimum absolute atomic E-state index is 0.166. The Labute approximate surface area is 232 Å². The summed E-state index contributed by atoms with van der Waals surface area (Å²) in [6, 6.07) is 16.0. The van der Waals surface area contributed by atoms with Gasteiger partial charge < -0.3 is 19.5 Å². The topological polar surface area (TPSA) is 98.3 Å². The zero-order chi connectivity index (χ0) is 26.8. The van der Waals surface area contributed by atoms with Crippen molar-refractivity contribution in [1.82, 2.24) is 5.43 Å². The first-order valence-corrected chi connectivity index (χ1v) is 13.1. The van der Waals surface area contributed by atoms with Crippen LogP contribution in [0.3, 0.4) is 0 Å². The molecular formula is C27H27Br2N3O5. The SMILES string of the molecule is CCOc1ccc(C(=O)N/N=C/c2cc(Br)c(OCC(=O)Nc3cccc(C)c3)c(Br)c2)cc1OCC. The van der Waals surface area contributed by atoms with Crippen LogP contribution in [-0.2, 0) is 4.79 Å². The van der Waals surface area contributed by atoms with Crippen molar-refractivity contribution in [2.75, 3.05) is 25.1 Å². The molecule has 0 fully saturated rings. The average Bonchev–Trinajstić information content (AvgIpc) is 2.85. The van der Waals surface area contributed by atoms with Crippen LogP contribution in [0.2, 0.25) is 0 Å². The van der Waals surface area contributed by atoms with Crippen molar-refractivity contribution >= 4 is 55.6 Å². The molecule has 8 nitrogen and oxygen atoms in total. The lowest BCUT2D eigenvalue weighted by Gasteiger charge is -2.12. The number of carbonyl (C=O) groups excluding carboxylic acids is 2. The molecule has 3 rings (SSSR count). The Hall–Kier alpha value is -3.37. The number of aryl methyl sites for hydroxylation is 1. The molecule has 0 heterocycles. The van der Waals surface area contributed by atoms with E-state index in [1.807, 2.05) is 45.0 Å². The lowest BCUT2D eigenvalue weighted by Crippen LogP contribution is -2.20. The molecule has 0 aliphatic rings. The highest BCUT2D eigenvalue weighted by Gasteiger charge is 2.13. The van der Waals surface area contributed by atoms with Crippen LogP contribution in [-0.4, -0.2) is 37.8 Å². The number of amides is 2. The predicted octanol–water partition coefficient (Wildman–Crippen LogP) is 6.10. The van der Waals surface area contributed by atoms with Gasteiger partial charge in [0.05, 0.1) is 28.4 Å². The van der Waals surface area contributed by atoms with Crippen LogP contribution >= 0.6 is 31.9 Å². The zero-order valence-electron chi connectivity index (χ0n) is 20.6. The van der Waals surface area contributed by atoms with Crippen molar-refractivity contribution in [3.8, 4) is 17.2 Å². The van der Waals surface area contributed by atoms with Gasteiger partial charge in [-0.05, 0) is 106 Å². The van der Waals surface area contributed by atoms with Gasteiger partial charge in [0.1, 0.15) is 5.75 Å². The number of hydrazone groups is 1. The molecule has 0 spiro atoms. The Morgan fingerprint density at radius 2 is 1.62 bits per heavy atom. The minimum Gasteiger partial charge on any atom is -0.490 e. The molecule has 0 aliphatic heterocycles. The van der Waals surface area contributed by atoms with E-state index < -0.39 is 5.91 Å². The molecule has 0 atom stereocenters. The van der Waals surface area contributed by atoms with Gasteiger partial charge in [0, 0.05) is 11.3 Å². The lowest BCUT2D eigenvalue weighted by molar-refractivity contribution is -0.118. The molecule has 194 valence electrons. The molecule has 0 aromatic heterocycles. The lowest BCUT2D eigenvalue weighted by atomic mass is 10.2. The first kappa shape index (κ1) is 28.2. The second-order valence-corrected chi connectivity index (χ2v) is 9.46. The molecule has 3 aromatic rings. The number of rotatable bonds is 11. The fraction of sp³-hybridized carbons (Fsp3) is 0.222. The number of hydrogen-bond donors (Lipinski definition) is 2. The largest absolute Gasteiger partial charge is 0.490 e. The van der Waals surface area contributed by atoms with Crippen LogP contribution in [0.25, 0.3) is 0 Å². The molecular weight excluding hydrogens is 606 g/mol. The summed E-state index contributed by atoms with van der Waals surface area (Å²) in [5, 5.41) is 6.85. The summed E-state index contributed by atoms with van der Waals surface area (Å²) in [6.45, 7) is 6.47. The summed E-state index contributed by atoms with van der Waals surface area (Å²) in [4.78, 5) is 24.8. The number of hydrogen-bond acceptors (Lipinski definition) is 6. The molecule has 0 bridgehead atoms. The van der Waals surface area contributed by atoms with Crippen molar-refractivity contribution in [2.24, 2.45) is 5.10 Å². The van der Waals surface area contributed by atoms with Crippen LogP contribution in [0.1, 0.15) is 35.3 Å². The zero-order valence-corrected chi connectivity index (χ0v) is 23.8. The molecule has 10 heteroatoms. The number of ether oxygens (including phenoxy) is 3. The van der Waals surface area contributed by atoms with Gasteiger partial charge >= 0.3 is 0 Å². The van der Waals surface area contributed by atoms with Crippen molar-refractivity contribution in [2.45, 2.75) is 20.8 Å². The minimum atomic E-state index is -0.391. The fourth-order valence-electron chi connectivity index (χ4n) is 3.27. The van der Waals surface area contributed by atoms with Crippen LogP contribution in [0.5, 0.6) is 17.2 Å². The maximum absolute atomic E-state index is 12.5. The molecule has 0 saturated heterocycles. The number of carbonyl (C=O) groups is 2. The highest BCUT2D eigenvalue weighted by atomic mass is 79.9. The fourth-order valence-corrected chi connectivity index (χ4v) is 4.72. The van der Waals surface area contributed by atoms with Gasteiger partial charge in [0.15, 0.2) is 18.1 Å². The Bertz CT molecular complexity index is 1270. The third-order valence-corrected chi connectivity index (χ3v) is 6.03. The number of nitrogens with one attached hydrogen (secondary N) is 2.